The fourth-order valence-electron chi connectivity index (χ4n) is 1.69. The van der Waals surface area contributed by atoms with Crippen LogP contribution in [0.2, 0.25) is 0 Å². The van der Waals surface area contributed by atoms with Gasteiger partial charge in [-0.2, -0.15) is 0 Å². The van der Waals surface area contributed by atoms with E-state index in [1.54, 1.807) is 0 Å². The van der Waals surface area contributed by atoms with Crippen LogP contribution in [0.15, 0.2) is 18.2 Å². The van der Waals surface area contributed by atoms with Crippen LogP contribution in [-0.2, 0) is 6.54 Å². The Morgan fingerprint density at radius 3 is 2.81 bits per heavy atom. The van der Waals surface area contributed by atoms with Crippen molar-refractivity contribution in [2.24, 2.45) is 5.92 Å². The molecular formula is C13H15FN4O2S. The van der Waals surface area contributed by atoms with Crippen molar-refractivity contribution in [2.45, 2.75) is 20.4 Å². The van der Waals surface area contributed by atoms with Gasteiger partial charge in [0, 0.05) is 18.2 Å². The van der Waals surface area contributed by atoms with E-state index >= 15 is 0 Å². The van der Waals surface area contributed by atoms with Gasteiger partial charge in [0.1, 0.15) is 10.8 Å². The van der Waals surface area contributed by atoms with Crippen LogP contribution >= 0.6 is 11.3 Å². The minimum Gasteiger partial charge on any atom is -0.310 e. The fourth-order valence-corrected chi connectivity index (χ4v) is 2.53. The van der Waals surface area contributed by atoms with Gasteiger partial charge in [-0.15, -0.1) is 10.2 Å². The Labute approximate surface area is 125 Å². The summed E-state index contributed by atoms with van der Waals surface area (Å²) in [5, 5.41) is 22.9. The van der Waals surface area contributed by atoms with Gasteiger partial charge in [-0.3, -0.25) is 10.1 Å². The third-order valence-electron chi connectivity index (χ3n) is 2.69. The number of hydrogen-bond acceptors (Lipinski definition) is 6. The van der Waals surface area contributed by atoms with Crippen molar-refractivity contribution in [2.75, 3.05) is 6.54 Å². The summed E-state index contributed by atoms with van der Waals surface area (Å²) in [5.41, 5.74) is -0.0483. The Kier molecular flexibility index (Phi) is 4.92. The lowest BCUT2D eigenvalue weighted by Gasteiger charge is -2.04. The lowest BCUT2D eigenvalue weighted by molar-refractivity contribution is -0.385. The molecule has 0 atom stereocenters. The van der Waals surface area contributed by atoms with E-state index in [-0.39, 0.29) is 11.3 Å². The van der Waals surface area contributed by atoms with E-state index in [9.17, 15) is 14.5 Å². The summed E-state index contributed by atoms with van der Waals surface area (Å²) in [4.78, 5) is 9.95. The number of non-ortho nitro benzene ring substituents is 1. The molecule has 6 nitrogen and oxygen atoms in total. The molecule has 0 aliphatic heterocycles. The largest absolute Gasteiger partial charge is 0.310 e. The van der Waals surface area contributed by atoms with Crippen LogP contribution in [-0.4, -0.2) is 21.7 Å². The molecular weight excluding hydrogens is 295 g/mol. The van der Waals surface area contributed by atoms with Crippen molar-refractivity contribution in [3.05, 3.63) is 39.1 Å². The first-order chi connectivity index (χ1) is 9.97. The molecule has 0 spiro atoms. The molecule has 0 aliphatic rings. The molecule has 112 valence electrons. The average Bonchev–Trinajstić information content (AvgIpc) is 2.86. The summed E-state index contributed by atoms with van der Waals surface area (Å²) in [7, 11) is 0. The van der Waals surface area contributed by atoms with Crippen LogP contribution in [0.3, 0.4) is 0 Å². The Morgan fingerprint density at radius 2 is 2.19 bits per heavy atom. The predicted molar refractivity (Wildman–Crippen MR) is 78.5 cm³/mol. The van der Waals surface area contributed by atoms with Gasteiger partial charge in [-0.25, -0.2) is 4.39 Å². The maximum absolute atomic E-state index is 13.9. The SMILES string of the molecule is CC(C)CNCc1nnc(-c2ccc([N+](=O)[O-])cc2F)s1. The fraction of sp³-hybridized carbons (Fsp3) is 0.385. The summed E-state index contributed by atoms with van der Waals surface area (Å²) < 4.78 is 13.9. The predicted octanol–water partition coefficient (Wildman–Crippen LogP) is 3.00. The van der Waals surface area contributed by atoms with Crippen LogP contribution < -0.4 is 5.32 Å². The van der Waals surface area contributed by atoms with Crippen molar-refractivity contribution in [3.8, 4) is 10.6 Å². The molecule has 0 fully saturated rings. The number of rotatable bonds is 6. The highest BCUT2D eigenvalue weighted by atomic mass is 32.1. The zero-order chi connectivity index (χ0) is 15.4. The molecule has 0 aliphatic carbocycles. The maximum Gasteiger partial charge on any atom is 0.272 e. The molecule has 0 radical (unpaired) electrons. The first-order valence-electron chi connectivity index (χ1n) is 6.44. The minimum absolute atomic E-state index is 0.230. The van der Waals surface area contributed by atoms with E-state index < -0.39 is 10.7 Å². The van der Waals surface area contributed by atoms with Crippen molar-refractivity contribution >= 4 is 17.0 Å². The zero-order valence-electron chi connectivity index (χ0n) is 11.7. The normalized spacial score (nSPS) is 11.0. The molecule has 0 unspecified atom stereocenters. The Balaban J connectivity index is 2.12. The number of nitro groups is 1. The number of benzene rings is 1. The average molecular weight is 310 g/mol. The van der Waals surface area contributed by atoms with Crippen LogP contribution in [0, 0.1) is 21.8 Å². The number of nitro benzene ring substituents is 1. The molecule has 1 aromatic heterocycles. The van der Waals surface area contributed by atoms with E-state index in [4.69, 9.17) is 0 Å². The minimum atomic E-state index is -0.665. The second-order valence-corrected chi connectivity index (χ2v) is 6.01. The topological polar surface area (TPSA) is 81.0 Å². The molecule has 0 saturated carbocycles. The Morgan fingerprint density at radius 1 is 1.43 bits per heavy atom. The maximum atomic E-state index is 13.9. The number of nitrogens with zero attached hydrogens (tertiary/aromatic N) is 3. The van der Waals surface area contributed by atoms with Crippen LogP contribution in [0.1, 0.15) is 18.9 Å². The molecule has 1 N–H and O–H groups in total. The summed E-state index contributed by atoms with van der Waals surface area (Å²) in [6.45, 7) is 5.64. The van der Waals surface area contributed by atoms with Gasteiger partial charge in [-0.1, -0.05) is 25.2 Å². The van der Waals surface area contributed by atoms with Gasteiger partial charge in [0.25, 0.3) is 5.69 Å². The zero-order valence-corrected chi connectivity index (χ0v) is 12.5. The van der Waals surface area contributed by atoms with Gasteiger partial charge < -0.3 is 5.32 Å². The highest BCUT2D eigenvalue weighted by Gasteiger charge is 2.15. The van der Waals surface area contributed by atoms with Gasteiger partial charge in [-0.05, 0) is 18.5 Å². The van der Waals surface area contributed by atoms with E-state index in [1.165, 1.54) is 23.5 Å². The van der Waals surface area contributed by atoms with Crippen molar-refractivity contribution in [1.82, 2.24) is 15.5 Å². The lowest BCUT2D eigenvalue weighted by atomic mass is 10.2. The lowest BCUT2D eigenvalue weighted by Crippen LogP contribution is -2.18. The van der Waals surface area contributed by atoms with Gasteiger partial charge in [0.2, 0.25) is 0 Å². The smallest absolute Gasteiger partial charge is 0.272 e. The summed E-state index contributed by atoms with van der Waals surface area (Å²) in [5.74, 6) is -0.133. The summed E-state index contributed by atoms with van der Waals surface area (Å²) in [6.07, 6.45) is 0. The molecule has 1 aromatic carbocycles. The van der Waals surface area contributed by atoms with Gasteiger partial charge in [0.05, 0.1) is 11.0 Å². The standard InChI is InChI=1S/C13H15FN4O2S/c1-8(2)6-15-7-12-16-17-13(21-12)10-4-3-9(18(19)20)5-11(10)14/h3-5,8,15H,6-7H2,1-2H3. The second kappa shape index (κ2) is 6.68. The van der Waals surface area contributed by atoms with Gasteiger partial charge >= 0.3 is 0 Å². The van der Waals surface area contributed by atoms with Crippen LogP contribution in [0.4, 0.5) is 10.1 Å². The highest BCUT2D eigenvalue weighted by molar-refractivity contribution is 7.14. The number of halogens is 1. The monoisotopic (exact) mass is 310 g/mol. The third kappa shape index (κ3) is 4.02. The molecule has 0 saturated heterocycles. The van der Waals surface area contributed by atoms with E-state index in [0.29, 0.717) is 17.5 Å². The third-order valence-corrected chi connectivity index (χ3v) is 3.65. The van der Waals surface area contributed by atoms with E-state index in [0.717, 1.165) is 17.6 Å². The number of nitrogens with one attached hydrogen (secondary N) is 1. The Hall–Kier alpha value is -1.93. The molecule has 8 heteroatoms. The highest BCUT2D eigenvalue weighted by Crippen LogP contribution is 2.28. The van der Waals surface area contributed by atoms with Crippen molar-refractivity contribution in [3.63, 3.8) is 0 Å². The number of aromatic nitrogens is 2. The molecule has 2 rings (SSSR count). The van der Waals surface area contributed by atoms with E-state index in [1.807, 2.05) is 0 Å². The first kappa shape index (κ1) is 15.5. The van der Waals surface area contributed by atoms with Crippen molar-refractivity contribution < 1.29 is 9.31 Å². The quantitative estimate of drug-likeness (QED) is 0.655. The van der Waals surface area contributed by atoms with Crippen LogP contribution in [0.5, 0.6) is 0 Å². The second-order valence-electron chi connectivity index (χ2n) is 4.95. The van der Waals surface area contributed by atoms with Crippen LogP contribution in [0.25, 0.3) is 10.6 Å². The molecule has 21 heavy (non-hydrogen) atoms. The van der Waals surface area contributed by atoms with E-state index in [2.05, 4.69) is 29.4 Å². The molecule has 1 heterocycles. The number of hydrogen-bond donors (Lipinski definition) is 1. The van der Waals surface area contributed by atoms with Gasteiger partial charge in [0.15, 0.2) is 5.01 Å². The molecule has 2 aromatic rings. The molecule has 0 amide bonds. The molecule has 0 bridgehead atoms. The Bertz CT molecular complexity index is 645. The first-order valence-corrected chi connectivity index (χ1v) is 7.26. The summed E-state index contributed by atoms with van der Waals surface area (Å²) >= 11 is 1.27. The summed E-state index contributed by atoms with van der Waals surface area (Å²) in [6, 6.07) is 3.52. The van der Waals surface area contributed by atoms with Crippen molar-refractivity contribution in [1.29, 1.82) is 0 Å².